The summed E-state index contributed by atoms with van der Waals surface area (Å²) in [6.45, 7) is 3.69. The molecule has 0 bridgehead atoms. The second kappa shape index (κ2) is 7.18. The van der Waals surface area contributed by atoms with Gasteiger partial charge in [-0.2, -0.15) is 0 Å². The highest BCUT2D eigenvalue weighted by molar-refractivity contribution is 6.32. The molecule has 2 aromatic rings. The van der Waals surface area contributed by atoms with E-state index in [0.29, 0.717) is 48.6 Å². The fourth-order valence-corrected chi connectivity index (χ4v) is 3.38. The van der Waals surface area contributed by atoms with Gasteiger partial charge in [-0.25, -0.2) is 0 Å². The molecule has 6 heteroatoms. The summed E-state index contributed by atoms with van der Waals surface area (Å²) in [6, 6.07) is 7.20. The maximum Gasteiger partial charge on any atom is 0.256 e. The summed E-state index contributed by atoms with van der Waals surface area (Å²) in [5.41, 5.74) is 1.19. The van der Waals surface area contributed by atoms with Crippen LogP contribution in [0, 0.1) is 5.92 Å². The Morgan fingerprint density at radius 2 is 2.08 bits per heavy atom. The second-order valence-corrected chi connectivity index (χ2v) is 6.43. The van der Waals surface area contributed by atoms with Crippen LogP contribution in [0.4, 0.5) is 0 Å². The molecule has 0 aliphatic carbocycles. The van der Waals surface area contributed by atoms with E-state index in [1.807, 2.05) is 25.1 Å². The largest absolute Gasteiger partial charge is 0.356 e. The molecule has 2 amide bonds. The Kier molecular flexibility index (Phi) is 5.00. The first-order valence-corrected chi connectivity index (χ1v) is 8.59. The number of nitrogens with one attached hydrogen (secondary N) is 1. The van der Waals surface area contributed by atoms with E-state index in [9.17, 15) is 9.59 Å². The van der Waals surface area contributed by atoms with Crippen LogP contribution in [-0.4, -0.2) is 41.3 Å². The molecule has 1 N–H and O–H groups in total. The van der Waals surface area contributed by atoms with Crippen LogP contribution in [0.25, 0.3) is 10.9 Å². The first-order chi connectivity index (χ1) is 11.6. The summed E-state index contributed by atoms with van der Waals surface area (Å²) in [6.07, 6.45) is 3.04. The molecular weight excluding hydrogens is 326 g/mol. The van der Waals surface area contributed by atoms with E-state index in [1.165, 1.54) is 0 Å². The van der Waals surface area contributed by atoms with Crippen molar-refractivity contribution in [3.05, 3.63) is 41.0 Å². The summed E-state index contributed by atoms with van der Waals surface area (Å²) in [5, 5.41) is 4.23. The minimum absolute atomic E-state index is 0.0109. The second-order valence-electron chi connectivity index (χ2n) is 5.99. The van der Waals surface area contributed by atoms with Crippen LogP contribution in [-0.2, 0) is 4.79 Å². The molecule has 2 heterocycles. The van der Waals surface area contributed by atoms with Crippen LogP contribution in [0.5, 0.6) is 0 Å². The normalized spacial score (nSPS) is 15.5. The van der Waals surface area contributed by atoms with Gasteiger partial charge in [-0.1, -0.05) is 17.7 Å². The summed E-state index contributed by atoms with van der Waals surface area (Å²) in [7, 11) is 0. The molecule has 1 aliphatic heterocycles. The zero-order valence-corrected chi connectivity index (χ0v) is 14.3. The maximum absolute atomic E-state index is 12.9. The average Bonchev–Trinajstić information content (AvgIpc) is 2.60. The molecule has 1 aromatic heterocycles. The molecule has 0 saturated carbocycles. The highest BCUT2D eigenvalue weighted by Crippen LogP contribution is 2.25. The predicted molar refractivity (Wildman–Crippen MR) is 94.1 cm³/mol. The highest BCUT2D eigenvalue weighted by Gasteiger charge is 2.28. The first kappa shape index (κ1) is 16.7. The van der Waals surface area contributed by atoms with Crippen LogP contribution in [0.2, 0.25) is 5.02 Å². The van der Waals surface area contributed by atoms with Crippen molar-refractivity contribution < 1.29 is 9.59 Å². The molecule has 3 rings (SSSR count). The van der Waals surface area contributed by atoms with Gasteiger partial charge in [-0.15, -0.1) is 0 Å². The molecule has 5 nitrogen and oxygen atoms in total. The number of amides is 2. The van der Waals surface area contributed by atoms with Gasteiger partial charge in [0.05, 0.1) is 11.1 Å². The number of rotatable bonds is 3. The van der Waals surface area contributed by atoms with Gasteiger partial charge in [0.15, 0.2) is 0 Å². The van der Waals surface area contributed by atoms with Crippen molar-refractivity contribution >= 4 is 34.3 Å². The third kappa shape index (κ3) is 3.36. The number of carbonyl (C=O) groups excluding carboxylic acids is 2. The lowest BCUT2D eigenvalue weighted by molar-refractivity contribution is -0.126. The van der Waals surface area contributed by atoms with Gasteiger partial charge in [0.1, 0.15) is 0 Å². The van der Waals surface area contributed by atoms with Gasteiger partial charge >= 0.3 is 0 Å². The standard InChI is InChI=1S/C18H20ClN3O2/c1-2-20-17(23)12-5-8-22(9-6-12)18(24)15-11-14(19)10-13-4-3-7-21-16(13)15/h3-4,7,10-12H,2,5-6,8-9H2,1H3,(H,20,23). The Balaban J connectivity index is 1.78. The lowest BCUT2D eigenvalue weighted by Gasteiger charge is -2.31. The molecule has 24 heavy (non-hydrogen) atoms. The number of pyridine rings is 1. The molecule has 126 valence electrons. The topological polar surface area (TPSA) is 62.3 Å². The van der Waals surface area contributed by atoms with Crippen LogP contribution in [0.15, 0.2) is 30.5 Å². The fourth-order valence-electron chi connectivity index (χ4n) is 3.15. The van der Waals surface area contributed by atoms with Gasteiger partial charge in [0.25, 0.3) is 5.91 Å². The van der Waals surface area contributed by atoms with Gasteiger partial charge in [-0.3, -0.25) is 14.6 Å². The summed E-state index contributed by atoms with van der Waals surface area (Å²) < 4.78 is 0. The van der Waals surface area contributed by atoms with Crippen molar-refractivity contribution in [1.29, 1.82) is 0 Å². The first-order valence-electron chi connectivity index (χ1n) is 8.21. The number of nitrogens with zero attached hydrogens (tertiary/aromatic N) is 2. The van der Waals surface area contributed by atoms with Gasteiger partial charge in [0.2, 0.25) is 5.91 Å². The minimum Gasteiger partial charge on any atom is -0.356 e. The number of likely N-dealkylation sites (tertiary alicyclic amines) is 1. The Morgan fingerprint density at radius 1 is 1.33 bits per heavy atom. The number of fused-ring (bicyclic) bond motifs is 1. The van der Waals surface area contributed by atoms with Gasteiger partial charge in [0, 0.05) is 42.2 Å². The van der Waals surface area contributed by atoms with E-state index in [0.717, 1.165) is 5.39 Å². The number of halogens is 1. The summed E-state index contributed by atoms with van der Waals surface area (Å²) in [4.78, 5) is 30.9. The third-order valence-electron chi connectivity index (χ3n) is 4.40. The van der Waals surface area contributed by atoms with Gasteiger partial charge < -0.3 is 10.2 Å². The quantitative estimate of drug-likeness (QED) is 0.930. The van der Waals surface area contributed by atoms with Crippen LogP contribution >= 0.6 is 11.6 Å². The summed E-state index contributed by atoms with van der Waals surface area (Å²) in [5.74, 6) is -0.00162. The lowest BCUT2D eigenvalue weighted by Crippen LogP contribution is -2.43. The van der Waals surface area contributed by atoms with E-state index in [1.54, 1.807) is 17.2 Å². The number of piperidine rings is 1. The molecule has 0 unspecified atom stereocenters. The number of hydrogen-bond donors (Lipinski definition) is 1. The van der Waals surface area contributed by atoms with Gasteiger partial charge in [-0.05, 0) is 38.0 Å². The van der Waals surface area contributed by atoms with Crippen LogP contribution in [0.1, 0.15) is 30.1 Å². The number of carbonyl (C=O) groups is 2. The maximum atomic E-state index is 12.9. The Labute approximate surface area is 146 Å². The molecule has 0 radical (unpaired) electrons. The Morgan fingerprint density at radius 3 is 2.79 bits per heavy atom. The van der Waals surface area contributed by atoms with E-state index >= 15 is 0 Å². The van der Waals surface area contributed by atoms with Crippen molar-refractivity contribution in [2.75, 3.05) is 19.6 Å². The average molecular weight is 346 g/mol. The van der Waals surface area contributed by atoms with Crippen LogP contribution in [0.3, 0.4) is 0 Å². The number of benzene rings is 1. The monoisotopic (exact) mass is 345 g/mol. The van der Waals surface area contributed by atoms with E-state index in [4.69, 9.17) is 11.6 Å². The van der Waals surface area contributed by atoms with Crippen molar-refractivity contribution in [3.63, 3.8) is 0 Å². The highest BCUT2D eigenvalue weighted by atomic mass is 35.5. The molecule has 0 spiro atoms. The Hall–Kier alpha value is -2.14. The molecule has 1 saturated heterocycles. The van der Waals surface area contributed by atoms with E-state index in [2.05, 4.69) is 10.3 Å². The molecular formula is C18H20ClN3O2. The van der Waals surface area contributed by atoms with Crippen molar-refractivity contribution in [2.24, 2.45) is 5.92 Å². The molecule has 1 fully saturated rings. The van der Waals surface area contributed by atoms with E-state index in [-0.39, 0.29) is 17.7 Å². The molecule has 1 aromatic carbocycles. The summed E-state index contributed by atoms with van der Waals surface area (Å²) >= 11 is 6.15. The number of aromatic nitrogens is 1. The van der Waals surface area contributed by atoms with Crippen molar-refractivity contribution in [2.45, 2.75) is 19.8 Å². The minimum atomic E-state index is -0.0736. The SMILES string of the molecule is CCNC(=O)C1CCN(C(=O)c2cc(Cl)cc3cccnc23)CC1. The molecule has 0 atom stereocenters. The zero-order valence-electron chi connectivity index (χ0n) is 13.6. The van der Waals surface area contributed by atoms with Crippen molar-refractivity contribution in [3.8, 4) is 0 Å². The number of hydrogen-bond acceptors (Lipinski definition) is 3. The third-order valence-corrected chi connectivity index (χ3v) is 4.62. The smallest absolute Gasteiger partial charge is 0.256 e. The lowest BCUT2D eigenvalue weighted by atomic mass is 9.95. The molecule has 1 aliphatic rings. The predicted octanol–water partition coefficient (Wildman–Crippen LogP) is 2.88. The van der Waals surface area contributed by atoms with E-state index < -0.39 is 0 Å². The fraction of sp³-hybridized carbons (Fsp3) is 0.389. The zero-order chi connectivity index (χ0) is 17.1. The Bertz CT molecular complexity index is 770. The van der Waals surface area contributed by atoms with Crippen molar-refractivity contribution in [1.82, 2.24) is 15.2 Å². The van der Waals surface area contributed by atoms with Crippen LogP contribution < -0.4 is 5.32 Å².